The number of benzene rings is 1. The lowest BCUT2D eigenvalue weighted by Crippen LogP contribution is -2.31. The van der Waals surface area contributed by atoms with Gasteiger partial charge in [-0.25, -0.2) is 15.0 Å². The standard InChI is InChI=1S/C25H26N4S2/c1-3-8-17(9-4-1)21-19-11-7-10-18(19)20-22-23(31-24(20)28-21)25(27-16-26-22)30-15-14-29-12-5-2-6-13-29/h1,3-4,8-9,16H,2,5-7,10-15H2. The molecule has 2 aliphatic rings. The first-order valence-corrected chi connectivity index (χ1v) is 13.2. The Morgan fingerprint density at radius 1 is 0.935 bits per heavy atom. The van der Waals surface area contributed by atoms with Crippen molar-refractivity contribution in [2.24, 2.45) is 0 Å². The lowest BCUT2D eigenvalue weighted by molar-refractivity contribution is 0.242. The summed E-state index contributed by atoms with van der Waals surface area (Å²) in [5.74, 6) is 1.08. The third kappa shape index (κ3) is 3.65. The summed E-state index contributed by atoms with van der Waals surface area (Å²) >= 11 is 3.66. The molecule has 6 rings (SSSR count). The SMILES string of the molecule is c1ccc(-c2nc3sc4c(SCCN5CCCCC5)ncnc4c3c3c2CCC3)cc1. The van der Waals surface area contributed by atoms with E-state index in [2.05, 4.69) is 40.2 Å². The van der Waals surface area contributed by atoms with E-state index in [1.165, 1.54) is 71.2 Å². The summed E-state index contributed by atoms with van der Waals surface area (Å²) in [5.41, 5.74) is 6.40. The highest BCUT2D eigenvalue weighted by molar-refractivity contribution is 7.99. The summed E-state index contributed by atoms with van der Waals surface area (Å²) in [6, 6.07) is 10.7. The van der Waals surface area contributed by atoms with Gasteiger partial charge in [0.2, 0.25) is 0 Å². The van der Waals surface area contributed by atoms with Crippen LogP contribution in [0.1, 0.15) is 36.8 Å². The highest BCUT2D eigenvalue weighted by Crippen LogP contribution is 2.43. The third-order valence-electron chi connectivity index (χ3n) is 6.58. The van der Waals surface area contributed by atoms with Gasteiger partial charge in [0.05, 0.1) is 15.9 Å². The van der Waals surface area contributed by atoms with Crippen molar-refractivity contribution in [2.45, 2.75) is 43.6 Å². The zero-order valence-electron chi connectivity index (χ0n) is 17.6. The van der Waals surface area contributed by atoms with Crippen molar-refractivity contribution in [3.63, 3.8) is 0 Å². The van der Waals surface area contributed by atoms with Gasteiger partial charge in [0.15, 0.2) is 0 Å². The summed E-state index contributed by atoms with van der Waals surface area (Å²) in [6.07, 6.45) is 9.28. The highest BCUT2D eigenvalue weighted by Gasteiger charge is 2.25. The Bertz CT molecular complexity index is 1230. The molecular formula is C25H26N4S2. The number of thioether (sulfide) groups is 1. The van der Waals surface area contributed by atoms with Gasteiger partial charge < -0.3 is 4.90 Å². The van der Waals surface area contributed by atoms with Crippen LogP contribution in [0.25, 0.3) is 31.7 Å². The van der Waals surface area contributed by atoms with E-state index in [0.29, 0.717) is 0 Å². The summed E-state index contributed by atoms with van der Waals surface area (Å²) in [5, 5.41) is 2.41. The fourth-order valence-electron chi connectivity index (χ4n) is 5.07. The number of aryl methyl sites for hydroxylation is 1. The van der Waals surface area contributed by atoms with Gasteiger partial charge in [-0.15, -0.1) is 23.1 Å². The Hall–Kier alpha value is -2.02. The zero-order valence-corrected chi connectivity index (χ0v) is 19.3. The van der Waals surface area contributed by atoms with Gasteiger partial charge in [-0.05, 0) is 56.3 Å². The summed E-state index contributed by atoms with van der Waals surface area (Å²) in [7, 11) is 0. The Morgan fingerprint density at radius 2 is 1.77 bits per heavy atom. The topological polar surface area (TPSA) is 41.9 Å². The molecule has 4 aromatic rings. The van der Waals surface area contributed by atoms with Crippen LogP contribution in [0.2, 0.25) is 0 Å². The van der Waals surface area contributed by atoms with Crippen LogP contribution >= 0.6 is 23.1 Å². The second kappa shape index (κ2) is 8.49. The predicted octanol–water partition coefficient (Wildman–Crippen LogP) is 5.97. The van der Waals surface area contributed by atoms with Crippen LogP contribution in [-0.4, -0.2) is 45.2 Å². The number of thiophene rings is 1. The van der Waals surface area contributed by atoms with Gasteiger partial charge >= 0.3 is 0 Å². The van der Waals surface area contributed by atoms with Gasteiger partial charge in [-0.1, -0.05) is 36.8 Å². The quantitative estimate of drug-likeness (QED) is 0.279. The highest BCUT2D eigenvalue weighted by atomic mass is 32.2. The number of nitrogens with zero attached hydrogens (tertiary/aromatic N) is 4. The van der Waals surface area contributed by atoms with E-state index in [1.807, 2.05) is 11.8 Å². The molecule has 0 radical (unpaired) electrons. The lowest BCUT2D eigenvalue weighted by Gasteiger charge is -2.25. The number of piperidine rings is 1. The Balaban J connectivity index is 1.39. The lowest BCUT2D eigenvalue weighted by atomic mass is 10.0. The van der Waals surface area contributed by atoms with Crippen molar-refractivity contribution in [3.8, 4) is 11.3 Å². The van der Waals surface area contributed by atoms with Crippen LogP contribution in [0.15, 0.2) is 41.7 Å². The van der Waals surface area contributed by atoms with Crippen LogP contribution in [0.4, 0.5) is 0 Å². The summed E-state index contributed by atoms with van der Waals surface area (Å²) in [4.78, 5) is 18.3. The molecule has 0 N–H and O–H groups in total. The fourth-order valence-corrected chi connectivity index (χ4v) is 7.31. The average Bonchev–Trinajstić information content (AvgIpc) is 3.45. The number of aromatic nitrogens is 3. The number of hydrogen-bond acceptors (Lipinski definition) is 6. The number of fused-ring (bicyclic) bond motifs is 5. The second-order valence-electron chi connectivity index (χ2n) is 8.53. The van der Waals surface area contributed by atoms with Crippen molar-refractivity contribution >= 4 is 43.5 Å². The molecule has 158 valence electrons. The maximum absolute atomic E-state index is 5.18. The normalized spacial score (nSPS) is 16.9. The van der Waals surface area contributed by atoms with Crippen LogP contribution in [0, 0.1) is 0 Å². The smallest absolute Gasteiger partial charge is 0.127 e. The predicted molar refractivity (Wildman–Crippen MR) is 131 cm³/mol. The van der Waals surface area contributed by atoms with E-state index in [9.17, 15) is 0 Å². The van der Waals surface area contributed by atoms with Gasteiger partial charge in [0, 0.05) is 23.2 Å². The maximum atomic E-state index is 5.18. The van der Waals surface area contributed by atoms with Gasteiger partial charge in [-0.2, -0.15) is 0 Å². The zero-order chi connectivity index (χ0) is 20.6. The van der Waals surface area contributed by atoms with E-state index in [-0.39, 0.29) is 0 Å². The van der Waals surface area contributed by atoms with E-state index < -0.39 is 0 Å². The molecular weight excluding hydrogens is 420 g/mol. The minimum absolute atomic E-state index is 1.08. The van der Waals surface area contributed by atoms with E-state index >= 15 is 0 Å². The molecule has 31 heavy (non-hydrogen) atoms. The van der Waals surface area contributed by atoms with Gasteiger partial charge in [-0.3, -0.25) is 0 Å². The molecule has 0 saturated carbocycles. The molecule has 1 aliphatic carbocycles. The van der Waals surface area contributed by atoms with E-state index in [1.54, 1.807) is 17.7 Å². The van der Waals surface area contributed by atoms with Crippen molar-refractivity contribution < 1.29 is 0 Å². The number of hydrogen-bond donors (Lipinski definition) is 0. The van der Waals surface area contributed by atoms with E-state index in [4.69, 9.17) is 9.97 Å². The molecule has 4 heterocycles. The monoisotopic (exact) mass is 446 g/mol. The Labute approximate surface area is 191 Å². The Kier molecular flexibility index (Phi) is 5.38. The first kappa shape index (κ1) is 19.6. The molecule has 4 nitrogen and oxygen atoms in total. The van der Waals surface area contributed by atoms with Crippen molar-refractivity contribution in [1.29, 1.82) is 0 Å². The first-order chi connectivity index (χ1) is 15.4. The second-order valence-corrected chi connectivity index (χ2v) is 10.6. The number of pyridine rings is 1. The van der Waals surface area contributed by atoms with Crippen molar-refractivity contribution in [2.75, 3.05) is 25.4 Å². The summed E-state index contributed by atoms with van der Waals surface area (Å²) in [6.45, 7) is 3.65. The molecule has 3 aromatic heterocycles. The largest absolute Gasteiger partial charge is 0.303 e. The van der Waals surface area contributed by atoms with Gasteiger partial charge in [0.25, 0.3) is 0 Å². The molecule has 6 heteroatoms. The molecule has 0 amide bonds. The minimum Gasteiger partial charge on any atom is -0.303 e. The van der Waals surface area contributed by atoms with Gasteiger partial charge in [0.1, 0.15) is 16.2 Å². The third-order valence-corrected chi connectivity index (χ3v) is 8.76. The fraction of sp³-hybridized carbons (Fsp3) is 0.400. The molecule has 0 atom stereocenters. The maximum Gasteiger partial charge on any atom is 0.127 e. The van der Waals surface area contributed by atoms with Crippen LogP contribution in [-0.2, 0) is 12.8 Å². The molecule has 1 fully saturated rings. The van der Waals surface area contributed by atoms with Crippen LogP contribution in [0.3, 0.4) is 0 Å². The molecule has 0 spiro atoms. The molecule has 1 aromatic carbocycles. The van der Waals surface area contributed by atoms with E-state index in [0.717, 1.165) is 40.5 Å². The van der Waals surface area contributed by atoms with Crippen molar-refractivity contribution in [1.82, 2.24) is 19.9 Å². The molecule has 0 unspecified atom stereocenters. The minimum atomic E-state index is 1.08. The Morgan fingerprint density at radius 3 is 2.65 bits per heavy atom. The molecule has 1 aliphatic heterocycles. The molecule has 0 bridgehead atoms. The number of likely N-dealkylation sites (tertiary alicyclic amines) is 1. The average molecular weight is 447 g/mol. The molecule has 1 saturated heterocycles. The van der Waals surface area contributed by atoms with Crippen LogP contribution in [0.5, 0.6) is 0 Å². The van der Waals surface area contributed by atoms with Crippen LogP contribution < -0.4 is 0 Å². The van der Waals surface area contributed by atoms with Crippen molar-refractivity contribution in [3.05, 3.63) is 47.8 Å². The first-order valence-electron chi connectivity index (χ1n) is 11.4. The number of rotatable bonds is 5. The summed E-state index contributed by atoms with van der Waals surface area (Å²) < 4.78 is 1.22.